The first-order chi connectivity index (χ1) is 13.7. The van der Waals surface area contributed by atoms with Gasteiger partial charge in [-0.15, -0.1) is 0 Å². The molecule has 146 valence electrons. The molecule has 0 aliphatic carbocycles. The van der Waals surface area contributed by atoms with Gasteiger partial charge in [0.25, 0.3) is 0 Å². The van der Waals surface area contributed by atoms with E-state index >= 15 is 0 Å². The van der Waals surface area contributed by atoms with E-state index in [1.165, 1.54) is 4.68 Å². The number of aromatic amines is 1. The molecule has 0 spiro atoms. The fourth-order valence-electron chi connectivity index (χ4n) is 2.51. The minimum Gasteiger partial charge on any atom is -0.497 e. The molecule has 0 radical (unpaired) electrons. The third kappa shape index (κ3) is 4.32. The number of benzene rings is 2. The van der Waals surface area contributed by atoms with Crippen LogP contribution in [0.4, 0.5) is 0 Å². The van der Waals surface area contributed by atoms with Gasteiger partial charge < -0.3 is 18.9 Å². The summed E-state index contributed by atoms with van der Waals surface area (Å²) in [6.07, 6.45) is 1.63. The fraction of sp³-hybridized carbons (Fsp3) is 0.211. The molecule has 0 saturated heterocycles. The molecule has 3 aromatic rings. The molecule has 0 atom stereocenters. The van der Waals surface area contributed by atoms with Gasteiger partial charge in [-0.2, -0.15) is 14.9 Å². The summed E-state index contributed by atoms with van der Waals surface area (Å²) in [7, 11) is 4.76. The van der Waals surface area contributed by atoms with E-state index in [0.29, 0.717) is 33.6 Å². The van der Waals surface area contributed by atoms with Crippen LogP contribution >= 0.6 is 12.2 Å². The molecule has 1 aromatic heterocycles. The molecular formula is C19H20N4O4S. The second-order valence-corrected chi connectivity index (χ2v) is 5.94. The second-order valence-electron chi connectivity index (χ2n) is 5.55. The van der Waals surface area contributed by atoms with Crippen LogP contribution in [0.3, 0.4) is 0 Å². The van der Waals surface area contributed by atoms with E-state index in [1.807, 2.05) is 36.4 Å². The Morgan fingerprint density at radius 3 is 2.61 bits per heavy atom. The Bertz CT molecular complexity index is 1030. The summed E-state index contributed by atoms with van der Waals surface area (Å²) in [4.78, 5) is 0. The number of methoxy groups -OCH3 is 3. The van der Waals surface area contributed by atoms with Crippen molar-refractivity contribution in [1.82, 2.24) is 14.9 Å². The van der Waals surface area contributed by atoms with Gasteiger partial charge in [-0.3, -0.25) is 0 Å². The average molecular weight is 400 g/mol. The van der Waals surface area contributed by atoms with Crippen LogP contribution in [0.2, 0.25) is 0 Å². The molecule has 1 N–H and O–H groups in total. The molecule has 28 heavy (non-hydrogen) atoms. The van der Waals surface area contributed by atoms with Crippen LogP contribution in [0.15, 0.2) is 47.6 Å². The highest BCUT2D eigenvalue weighted by Gasteiger charge is 2.10. The van der Waals surface area contributed by atoms with Crippen LogP contribution < -0.4 is 18.9 Å². The maximum absolute atomic E-state index is 5.77. The quantitative estimate of drug-likeness (QED) is 0.461. The number of nitrogens with zero attached hydrogens (tertiary/aromatic N) is 3. The normalized spacial score (nSPS) is 10.8. The van der Waals surface area contributed by atoms with Gasteiger partial charge in [-0.05, 0) is 36.5 Å². The smallest absolute Gasteiger partial charge is 0.216 e. The van der Waals surface area contributed by atoms with Crippen molar-refractivity contribution in [3.63, 3.8) is 0 Å². The third-order valence-electron chi connectivity index (χ3n) is 3.87. The van der Waals surface area contributed by atoms with Crippen molar-refractivity contribution in [1.29, 1.82) is 0 Å². The SMILES string of the molecule is COc1cccc(OCc2n[nH]c(=S)n2/N=C\c2cccc(OC)c2OC)c1. The summed E-state index contributed by atoms with van der Waals surface area (Å²) < 4.78 is 23.5. The molecule has 1 heterocycles. The summed E-state index contributed by atoms with van der Waals surface area (Å²) >= 11 is 5.27. The summed E-state index contributed by atoms with van der Waals surface area (Å²) in [5.41, 5.74) is 0.740. The Labute approximate surface area is 167 Å². The van der Waals surface area contributed by atoms with E-state index in [9.17, 15) is 0 Å². The van der Waals surface area contributed by atoms with Crippen molar-refractivity contribution in [2.45, 2.75) is 6.61 Å². The van der Waals surface area contributed by atoms with Gasteiger partial charge in [-0.25, -0.2) is 5.10 Å². The Morgan fingerprint density at radius 1 is 1.07 bits per heavy atom. The molecule has 0 aliphatic heterocycles. The Balaban J connectivity index is 1.82. The molecule has 0 fully saturated rings. The molecule has 0 unspecified atom stereocenters. The lowest BCUT2D eigenvalue weighted by Crippen LogP contribution is -2.04. The molecule has 8 nitrogen and oxygen atoms in total. The number of hydrogen-bond donors (Lipinski definition) is 1. The van der Waals surface area contributed by atoms with E-state index in [4.69, 9.17) is 31.2 Å². The molecule has 9 heteroatoms. The van der Waals surface area contributed by atoms with Crippen molar-refractivity contribution in [3.8, 4) is 23.0 Å². The van der Waals surface area contributed by atoms with Crippen LogP contribution in [0.5, 0.6) is 23.0 Å². The topological polar surface area (TPSA) is 82.9 Å². The maximum Gasteiger partial charge on any atom is 0.216 e. The summed E-state index contributed by atoms with van der Waals surface area (Å²) in [5, 5.41) is 11.3. The van der Waals surface area contributed by atoms with E-state index in [2.05, 4.69) is 15.3 Å². The first-order valence-electron chi connectivity index (χ1n) is 8.34. The van der Waals surface area contributed by atoms with E-state index < -0.39 is 0 Å². The number of ether oxygens (including phenoxy) is 4. The van der Waals surface area contributed by atoms with E-state index in [1.54, 1.807) is 33.6 Å². The van der Waals surface area contributed by atoms with Gasteiger partial charge in [0.2, 0.25) is 4.77 Å². The van der Waals surface area contributed by atoms with Gasteiger partial charge >= 0.3 is 0 Å². The first-order valence-corrected chi connectivity index (χ1v) is 8.75. The van der Waals surface area contributed by atoms with Crippen LogP contribution in [-0.2, 0) is 6.61 Å². The van der Waals surface area contributed by atoms with Crippen LogP contribution in [0.25, 0.3) is 0 Å². The summed E-state index contributed by atoms with van der Waals surface area (Å²) in [5.74, 6) is 3.07. The third-order valence-corrected chi connectivity index (χ3v) is 4.14. The Kier molecular flexibility index (Phi) is 6.28. The van der Waals surface area contributed by atoms with Crippen LogP contribution in [0, 0.1) is 4.77 Å². The lowest BCUT2D eigenvalue weighted by molar-refractivity contribution is 0.288. The predicted molar refractivity (Wildman–Crippen MR) is 107 cm³/mol. The van der Waals surface area contributed by atoms with Crippen molar-refractivity contribution in [2.75, 3.05) is 21.3 Å². The lowest BCUT2D eigenvalue weighted by atomic mass is 10.2. The van der Waals surface area contributed by atoms with Crippen LogP contribution in [-0.4, -0.2) is 42.4 Å². The Morgan fingerprint density at radius 2 is 1.86 bits per heavy atom. The van der Waals surface area contributed by atoms with Crippen molar-refractivity contribution in [2.24, 2.45) is 5.10 Å². The molecule has 0 aliphatic rings. The Hall–Kier alpha value is -3.33. The molecule has 3 rings (SSSR count). The molecule has 0 bridgehead atoms. The molecule has 2 aromatic carbocycles. The number of para-hydroxylation sites is 1. The van der Waals surface area contributed by atoms with Gasteiger partial charge in [0.1, 0.15) is 18.1 Å². The fourth-order valence-corrected chi connectivity index (χ4v) is 2.71. The van der Waals surface area contributed by atoms with Gasteiger partial charge in [0, 0.05) is 11.6 Å². The number of hydrogen-bond acceptors (Lipinski definition) is 7. The van der Waals surface area contributed by atoms with Crippen molar-refractivity contribution in [3.05, 3.63) is 58.6 Å². The highest BCUT2D eigenvalue weighted by molar-refractivity contribution is 7.71. The van der Waals surface area contributed by atoms with E-state index in [-0.39, 0.29) is 6.61 Å². The van der Waals surface area contributed by atoms with Gasteiger partial charge in [0.05, 0.1) is 27.5 Å². The summed E-state index contributed by atoms with van der Waals surface area (Å²) in [6.45, 7) is 0.174. The zero-order valence-electron chi connectivity index (χ0n) is 15.7. The maximum atomic E-state index is 5.77. The molecule has 0 saturated carbocycles. The molecular weight excluding hydrogens is 380 g/mol. The second kappa shape index (κ2) is 9.05. The zero-order chi connectivity index (χ0) is 19.9. The predicted octanol–water partition coefficient (Wildman–Crippen LogP) is 3.43. The number of H-pyrrole nitrogens is 1. The minimum absolute atomic E-state index is 0.174. The average Bonchev–Trinajstić information content (AvgIpc) is 3.09. The number of rotatable bonds is 8. The standard InChI is InChI=1S/C19H20N4O4S/c1-24-14-7-5-8-15(10-14)27-12-17-21-22-19(28)23(17)20-11-13-6-4-9-16(25-2)18(13)26-3/h4-11H,12H2,1-3H3,(H,22,28)/b20-11-. The van der Waals surface area contributed by atoms with Crippen molar-refractivity contribution >= 4 is 18.4 Å². The minimum atomic E-state index is 0.174. The van der Waals surface area contributed by atoms with Crippen molar-refractivity contribution < 1.29 is 18.9 Å². The van der Waals surface area contributed by atoms with Crippen LogP contribution in [0.1, 0.15) is 11.4 Å². The highest BCUT2D eigenvalue weighted by Crippen LogP contribution is 2.29. The number of aromatic nitrogens is 3. The highest BCUT2D eigenvalue weighted by atomic mass is 32.1. The number of nitrogens with one attached hydrogen (secondary N) is 1. The zero-order valence-corrected chi connectivity index (χ0v) is 16.5. The first kappa shape index (κ1) is 19.4. The van der Waals surface area contributed by atoms with Gasteiger partial charge in [-0.1, -0.05) is 12.1 Å². The van der Waals surface area contributed by atoms with Gasteiger partial charge in [0.15, 0.2) is 17.3 Å². The monoisotopic (exact) mass is 400 g/mol. The molecule has 0 amide bonds. The lowest BCUT2D eigenvalue weighted by Gasteiger charge is -2.09. The summed E-state index contributed by atoms with van der Waals surface area (Å²) in [6, 6.07) is 12.8. The van der Waals surface area contributed by atoms with E-state index in [0.717, 1.165) is 5.56 Å². The largest absolute Gasteiger partial charge is 0.497 e.